The number of hydrogen-bond donors (Lipinski definition) is 1. The summed E-state index contributed by atoms with van der Waals surface area (Å²) in [6.07, 6.45) is 0.896. The summed E-state index contributed by atoms with van der Waals surface area (Å²) in [5, 5.41) is 8.09. The Morgan fingerprint density at radius 2 is 1.85 bits per heavy atom. The van der Waals surface area contributed by atoms with Crippen LogP contribution in [0, 0.1) is 0 Å². The maximum atomic E-state index is 13.0. The van der Waals surface area contributed by atoms with E-state index in [9.17, 15) is 4.79 Å². The molecule has 1 atom stereocenters. The van der Waals surface area contributed by atoms with E-state index in [1.54, 1.807) is 0 Å². The predicted molar refractivity (Wildman–Crippen MR) is 106 cm³/mol. The molecule has 1 N–H and O–H groups in total. The number of nitrogens with one attached hydrogen (secondary N) is 1. The summed E-state index contributed by atoms with van der Waals surface area (Å²) in [5.41, 5.74) is 4.34. The average molecular weight is 431 g/mol. The molecule has 3 aromatic rings. The van der Waals surface area contributed by atoms with Crippen molar-refractivity contribution in [2.45, 2.75) is 19.4 Å². The van der Waals surface area contributed by atoms with Gasteiger partial charge in [0, 0.05) is 27.2 Å². The number of aromatic amines is 1. The molecule has 0 saturated heterocycles. The van der Waals surface area contributed by atoms with Crippen LogP contribution in [0.4, 0.5) is 0 Å². The second kappa shape index (κ2) is 6.89. The zero-order chi connectivity index (χ0) is 18.3. The average Bonchev–Trinajstić information content (AvgIpc) is 3.17. The molecule has 26 heavy (non-hydrogen) atoms. The van der Waals surface area contributed by atoms with Crippen LogP contribution < -0.4 is 0 Å². The Hall–Kier alpha value is -2.11. The molecule has 1 unspecified atom stereocenters. The molecule has 1 aliphatic rings. The Balaban J connectivity index is 1.87. The van der Waals surface area contributed by atoms with Crippen LogP contribution >= 0.6 is 27.5 Å². The highest BCUT2D eigenvalue weighted by molar-refractivity contribution is 9.10. The van der Waals surface area contributed by atoms with Gasteiger partial charge in [-0.05, 0) is 36.2 Å². The van der Waals surface area contributed by atoms with Gasteiger partial charge in [0.2, 0.25) is 0 Å². The first-order valence-electron chi connectivity index (χ1n) is 8.50. The number of carbonyl (C=O) groups excluding carboxylic acids is 1. The molecule has 4 rings (SSSR count). The summed E-state index contributed by atoms with van der Waals surface area (Å²) < 4.78 is 1.01. The number of carbonyl (C=O) groups is 1. The quantitative estimate of drug-likeness (QED) is 0.598. The van der Waals surface area contributed by atoms with Gasteiger partial charge < -0.3 is 4.90 Å². The van der Waals surface area contributed by atoms with E-state index in [1.807, 2.05) is 41.3 Å². The van der Waals surface area contributed by atoms with E-state index in [0.29, 0.717) is 17.3 Å². The number of hydrogen-bond acceptors (Lipinski definition) is 2. The molecule has 132 valence electrons. The third kappa shape index (κ3) is 2.85. The summed E-state index contributed by atoms with van der Waals surface area (Å²) in [6.45, 7) is 2.78. The SMILES string of the molecule is CCCN1C(=O)c2[nH]nc(-c3ccc(Cl)cc3)c2C1c1ccc(Br)cc1. The zero-order valence-corrected chi connectivity index (χ0v) is 16.5. The molecule has 1 aliphatic heterocycles. The van der Waals surface area contributed by atoms with Gasteiger partial charge in [-0.15, -0.1) is 0 Å². The highest BCUT2D eigenvalue weighted by Gasteiger charge is 2.41. The lowest BCUT2D eigenvalue weighted by atomic mass is 9.96. The summed E-state index contributed by atoms with van der Waals surface area (Å²) in [5.74, 6) is 0.00230. The number of nitrogens with zero attached hydrogens (tertiary/aromatic N) is 2. The van der Waals surface area contributed by atoms with Gasteiger partial charge in [-0.25, -0.2) is 0 Å². The maximum Gasteiger partial charge on any atom is 0.273 e. The number of halogens is 2. The first-order valence-corrected chi connectivity index (χ1v) is 9.68. The van der Waals surface area contributed by atoms with Gasteiger partial charge in [0.1, 0.15) is 5.69 Å². The van der Waals surface area contributed by atoms with E-state index in [2.05, 4.69) is 45.2 Å². The molecule has 0 fully saturated rings. The third-order valence-corrected chi connectivity index (χ3v) is 5.41. The Labute approximate surface area is 165 Å². The minimum absolute atomic E-state index is 0.00230. The van der Waals surface area contributed by atoms with Crippen molar-refractivity contribution in [3.05, 3.63) is 74.8 Å². The van der Waals surface area contributed by atoms with Crippen molar-refractivity contribution in [2.75, 3.05) is 6.54 Å². The molecular formula is C20H17BrClN3O. The van der Waals surface area contributed by atoms with Crippen LogP contribution in [0.5, 0.6) is 0 Å². The van der Waals surface area contributed by atoms with Crippen LogP contribution in [-0.4, -0.2) is 27.5 Å². The predicted octanol–water partition coefficient (Wildman–Crippen LogP) is 5.45. The van der Waals surface area contributed by atoms with Crippen molar-refractivity contribution in [1.29, 1.82) is 0 Å². The topological polar surface area (TPSA) is 49.0 Å². The molecule has 1 amide bonds. The summed E-state index contributed by atoms with van der Waals surface area (Å²) in [4.78, 5) is 14.9. The number of fused-ring (bicyclic) bond motifs is 1. The van der Waals surface area contributed by atoms with Crippen molar-refractivity contribution in [2.24, 2.45) is 0 Å². The highest BCUT2D eigenvalue weighted by atomic mass is 79.9. The van der Waals surface area contributed by atoms with Gasteiger partial charge in [0.15, 0.2) is 0 Å². The molecule has 0 spiro atoms. The molecule has 1 aromatic heterocycles. The van der Waals surface area contributed by atoms with Gasteiger partial charge in [-0.3, -0.25) is 9.89 Å². The minimum Gasteiger partial charge on any atom is -0.326 e. The third-order valence-electron chi connectivity index (χ3n) is 4.63. The fourth-order valence-electron chi connectivity index (χ4n) is 3.49. The largest absolute Gasteiger partial charge is 0.326 e. The van der Waals surface area contributed by atoms with Crippen LogP contribution in [0.25, 0.3) is 11.3 Å². The van der Waals surface area contributed by atoms with E-state index in [-0.39, 0.29) is 11.9 Å². The van der Waals surface area contributed by atoms with Gasteiger partial charge in [-0.2, -0.15) is 5.10 Å². The molecule has 2 aromatic carbocycles. The van der Waals surface area contributed by atoms with Crippen LogP contribution in [0.2, 0.25) is 5.02 Å². The molecular weight excluding hydrogens is 414 g/mol. The minimum atomic E-state index is -0.144. The molecule has 0 saturated carbocycles. The van der Waals surface area contributed by atoms with E-state index in [1.165, 1.54) is 0 Å². The van der Waals surface area contributed by atoms with Crippen LogP contribution in [0.1, 0.15) is 41.0 Å². The van der Waals surface area contributed by atoms with Crippen molar-refractivity contribution in [3.8, 4) is 11.3 Å². The lowest BCUT2D eigenvalue weighted by molar-refractivity contribution is 0.0744. The van der Waals surface area contributed by atoms with Crippen molar-refractivity contribution in [3.63, 3.8) is 0 Å². The lowest BCUT2D eigenvalue weighted by Crippen LogP contribution is -2.30. The monoisotopic (exact) mass is 429 g/mol. The Morgan fingerprint density at radius 1 is 1.15 bits per heavy atom. The lowest BCUT2D eigenvalue weighted by Gasteiger charge is -2.26. The molecule has 6 heteroatoms. The van der Waals surface area contributed by atoms with Crippen LogP contribution in [-0.2, 0) is 0 Å². The van der Waals surface area contributed by atoms with Crippen molar-refractivity contribution in [1.82, 2.24) is 15.1 Å². The number of H-pyrrole nitrogens is 1. The maximum absolute atomic E-state index is 13.0. The summed E-state index contributed by atoms with van der Waals surface area (Å²) in [7, 11) is 0. The molecule has 2 heterocycles. The number of rotatable bonds is 4. The highest BCUT2D eigenvalue weighted by Crippen LogP contribution is 2.43. The van der Waals surface area contributed by atoms with Gasteiger partial charge in [0.05, 0.1) is 11.7 Å². The van der Waals surface area contributed by atoms with E-state index < -0.39 is 0 Å². The van der Waals surface area contributed by atoms with Crippen molar-refractivity contribution < 1.29 is 4.79 Å². The van der Waals surface area contributed by atoms with Crippen LogP contribution in [0.3, 0.4) is 0 Å². The number of amides is 1. The number of aromatic nitrogens is 2. The van der Waals surface area contributed by atoms with Crippen molar-refractivity contribution >= 4 is 33.4 Å². The Kier molecular flexibility index (Phi) is 4.59. The standard InChI is InChI=1S/C20H17BrClN3O/c1-2-11-25-19(13-3-7-14(21)8-4-13)16-17(23-24-18(16)20(25)26)12-5-9-15(22)10-6-12/h3-10,19H,2,11H2,1H3,(H,23,24). The smallest absolute Gasteiger partial charge is 0.273 e. The second-order valence-corrected chi connectivity index (χ2v) is 7.67. The zero-order valence-electron chi connectivity index (χ0n) is 14.2. The molecule has 0 radical (unpaired) electrons. The van der Waals surface area contributed by atoms with Gasteiger partial charge in [0.25, 0.3) is 5.91 Å². The normalized spacial score (nSPS) is 16.2. The van der Waals surface area contributed by atoms with Gasteiger partial charge in [-0.1, -0.05) is 58.7 Å². The van der Waals surface area contributed by atoms with E-state index in [4.69, 9.17) is 11.6 Å². The Bertz CT molecular complexity index is 950. The fourth-order valence-corrected chi connectivity index (χ4v) is 3.88. The second-order valence-electron chi connectivity index (χ2n) is 6.32. The number of benzene rings is 2. The summed E-state index contributed by atoms with van der Waals surface area (Å²) >= 11 is 9.50. The van der Waals surface area contributed by atoms with E-state index >= 15 is 0 Å². The summed E-state index contributed by atoms with van der Waals surface area (Å²) in [6, 6.07) is 15.5. The fraction of sp³-hybridized carbons (Fsp3) is 0.200. The Morgan fingerprint density at radius 3 is 2.50 bits per heavy atom. The first kappa shape index (κ1) is 17.3. The molecule has 4 nitrogen and oxygen atoms in total. The molecule has 0 bridgehead atoms. The van der Waals surface area contributed by atoms with Crippen LogP contribution in [0.15, 0.2) is 53.0 Å². The first-order chi connectivity index (χ1) is 12.6. The van der Waals surface area contributed by atoms with Gasteiger partial charge >= 0.3 is 0 Å². The van der Waals surface area contributed by atoms with E-state index in [0.717, 1.165) is 33.3 Å². The molecule has 0 aliphatic carbocycles.